The van der Waals surface area contributed by atoms with E-state index in [0.29, 0.717) is 17.5 Å². The topological polar surface area (TPSA) is 43.2 Å². The second-order valence-corrected chi connectivity index (χ2v) is 12.9. The molecule has 5 nitrogen and oxygen atoms in total. The summed E-state index contributed by atoms with van der Waals surface area (Å²) >= 11 is 0. The molecule has 0 bridgehead atoms. The van der Waals surface area contributed by atoms with Crippen molar-refractivity contribution in [3.05, 3.63) is 90.0 Å². The highest BCUT2D eigenvalue weighted by atomic mass is 19.1. The van der Waals surface area contributed by atoms with E-state index in [2.05, 4.69) is 74.8 Å². The molecule has 0 aromatic heterocycles. The highest BCUT2D eigenvalue weighted by Gasteiger charge is 2.20. The largest absolute Gasteiger partial charge is 0.375 e. The molecule has 1 aromatic rings. The number of allylic oxidation sites excluding steroid dienone is 4. The van der Waals surface area contributed by atoms with Gasteiger partial charge in [0, 0.05) is 61.7 Å². The second kappa shape index (κ2) is 18.5. The first kappa shape index (κ1) is 36.1. The molecule has 0 radical (unpaired) electrons. The van der Waals surface area contributed by atoms with Gasteiger partial charge in [0.25, 0.3) is 0 Å². The van der Waals surface area contributed by atoms with Crippen LogP contribution >= 0.6 is 0 Å². The van der Waals surface area contributed by atoms with E-state index in [4.69, 9.17) is 9.98 Å². The lowest BCUT2D eigenvalue weighted by atomic mass is 9.93. The Morgan fingerprint density at radius 1 is 1.11 bits per heavy atom. The molecule has 1 heterocycles. The molecule has 1 unspecified atom stereocenters. The highest BCUT2D eigenvalue weighted by Crippen LogP contribution is 2.28. The number of halogens is 1. The van der Waals surface area contributed by atoms with Crippen LogP contribution in [0.25, 0.3) is 0 Å². The van der Waals surface area contributed by atoms with Gasteiger partial charge < -0.3 is 15.1 Å². The maximum absolute atomic E-state index is 13.0. The molecule has 0 spiro atoms. The molecule has 1 aromatic carbocycles. The molecule has 2 aliphatic rings. The molecule has 0 amide bonds. The van der Waals surface area contributed by atoms with Crippen LogP contribution in [0.1, 0.15) is 96.1 Å². The number of aryl methyl sites for hydroxylation is 1. The summed E-state index contributed by atoms with van der Waals surface area (Å²) < 4.78 is 13.0. The van der Waals surface area contributed by atoms with Crippen LogP contribution in [-0.2, 0) is 6.67 Å². The molecule has 1 N–H and O–H groups in total. The summed E-state index contributed by atoms with van der Waals surface area (Å²) in [5.41, 5.74) is 7.67. The minimum atomic E-state index is -0.459. The Kier molecular flexibility index (Phi) is 14.9. The molecule has 1 aliphatic carbocycles. The first-order valence-electron chi connectivity index (χ1n) is 17.1. The highest BCUT2D eigenvalue weighted by molar-refractivity contribution is 6.04. The SMILES string of the molecule is C=C(/C=C\C(=NCC)N(CCC)CCC(C)CC(=C)N(C)C1CCCCC1)C1=NC=C(C(=C)Nc2ccc(CF)cc2C)CC1. The fourth-order valence-electron chi connectivity index (χ4n) is 6.26. The lowest BCUT2D eigenvalue weighted by Crippen LogP contribution is -2.34. The van der Waals surface area contributed by atoms with Gasteiger partial charge in [0.15, 0.2) is 0 Å². The first-order valence-corrected chi connectivity index (χ1v) is 17.1. The number of rotatable bonds is 17. The van der Waals surface area contributed by atoms with Gasteiger partial charge in [-0.3, -0.25) is 9.98 Å². The molecule has 1 fully saturated rings. The maximum Gasteiger partial charge on any atom is 0.123 e. The van der Waals surface area contributed by atoms with Crippen LogP contribution in [0, 0.1) is 12.8 Å². The van der Waals surface area contributed by atoms with Crippen molar-refractivity contribution >= 4 is 17.2 Å². The van der Waals surface area contributed by atoms with Gasteiger partial charge in [-0.25, -0.2) is 4.39 Å². The molecular weight excluding hydrogens is 557 g/mol. The second-order valence-electron chi connectivity index (χ2n) is 12.9. The Morgan fingerprint density at radius 2 is 1.87 bits per heavy atom. The summed E-state index contributed by atoms with van der Waals surface area (Å²) in [7, 11) is 2.25. The number of amidine groups is 1. The van der Waals surface area contributed by atoms with Crippen molar-refractivity contribution in [3.63, 3.8) is 0 Å². The molecule has 3 rings (SSSR count). The Labute approximate surface area is 273 Å². The van der Waals surface area contributed by atoms with E-state index in [1.54, 1.807) is 6.07 Å². The standard InChI is InChI=1S/C39H58FN5/c1-9-23-45(24-22-29(3)25-32(6)44(8)36-14-12-11-13-15-36)39(41-10-2)21-16-30(4)37-20-18-35(28-42-37)33(7)43-38-19-17-34(27-40)26-31(38)5/h16-17,19,21,26,28-29,36,43H,4,6-7,9-15,18,20,22-25,27H2,1-3,5,8H3/b21-16-,41-39?. The number of anilines is 1. The average molecular weight is 616 g/mol. The third-order valence-corrected chi connectivity index (χ3v) is 9.16. The Balaban J connectivity index is 1.57. The Morgan fingerprint density at radius 3 is 2.49 bits per heavy atom. The summed E-state index contributed by atoms with van der Waals surface area (Å²) in [6.45, 7) is 23.9. The molecular formula is C39H58FN5. The first-order chi connectivity index (χ1) is 21.7. The maximum atomic E-state index is 13.0. The third-order valence-electron chi connectivity index (χ3n) is 9.16. The fraction of sp³-hybridized carbons (Fsp3) is 0.538. The number of alkyl halides is 1. The summed E-state index contributed by atoms with van der Waals surface area (Å²) in [5, 5.41) is 3.38. The zero-order chi connectivity index (χ0) is 32.8. The zero-order valence-electron chi connectivity index (χ0n) is 28.8. The third kappa shape index (κ3) is 11.2. The number of nitrogens with one attached hydrogen (secondary N) is 1. The van der Waals surface area contributed by atoms with Crippen molar-refractivity contribution in [1.82, 2.24) is 9.80 Å². The molecule has 246 valence electrons. The normalized spacial score (nSPS) is 16.6. The van der Waals surface area contributed by atoms with Crippen molar-refractivity contribution in [1.29, 1.82) is 0 Å². The summed E-state index contributed by atoms with van der Waals surface area (Å²) in [4.78, 5) is 14.5. The van der Waals surface area contributed by atoms with E-state index in [9.17, 15) is 4.39 Å². The van der Waals surface area contributed by atoms with Crippen molar-refractivity contribution in [2.75, 3.05) is 32.0 Å². The lowest BCUT2D eigenvalue weighted by molar-refractivity contribution is 0.223. The zero-order valence-corrected chi connectivity index (χ0v) is 28.8. The molecule has 1 saturated carbocycles. The van der Waals surface area contributed by atoms with Crippen LogP contribution in [0.2, 0.25) is 0 Å². The minimum Gasteiger partial charge on any atom is -0.375 e. The summed E-state index contributed by atoms with van der Waals surface area (Å²) in [6.07, 6.45) is 17.6. The van der Waals surface area contributed by atoms with Gasteiger partial charge in [0.05, 0.1) is 0 Å². The van der Waals surface area contributed by atoms with E-state index in [1.165, 1.54) is 37.8 Å². The minimum absolute atomic E-state index is 0.459. The molecule has 6 heteroatoms. The van der Waals surface area contributed by atoms with Crippen molar-refractivity contribution < 1.29 is 4.39 Å². The van der Waals surface area contributed by atoms with Crippen LogP contribution < -0.4 is 5.32 Å². The van der Waals surface area contributed by atoms with Gasteiger partial charge in [-0.05, 0) is 99.1 Å². The average Bonchev–Trinajstić information content (AvgIpc) is 3.05. The quantitative estimate of drug-likeness (QED) is 0.108. The van der Waals surface area contributed by atoms with Gasteiger partial charge in [-0.1, -0.05) is 71.1 Å². The van der Waals surface area contributed by atoms with Crippen molar-refractivity contribution in [2.24, 2.45) is 15.9 Å². The number of hydrogen-bond acceptors (Lipinski definition) is 4. The predicted octanol–water partition coefficient (Wildman–Crippen LogP) is 9.95. The van der Waals surface area contributed by atoms with E-state index in [0.717, 1.165) is 91.4 Å². The van der Waals surface area contributed by atoms with Gasteiger partial charge in [-0.15, -0.1) is 0 Å². The van der Waals surface area contributed by atoms with Crippen LogP contribution in [0.4, 0.5) is 10.1 Å². The smallest absolute Gasteiger partial charge is 0.123 e. The van der Waals surface area contributed by atoms with Crippen LogP contribution in [0.5, 0.6) is 0 Å². The van der Waals surface area contributed by atoms with E-state index >= 15 is 0 Å². The number of nitrogens with zero attached hydrogens (tertiary/aromatic N) is 4. The van der Waals surface area contributed by atoms with Gasteiger partial charge in [0.1, 0.15) is 12.5 Å². The number of hydrogen-bond donors (Lipinski definition) is 1. The number of benzene rings is 1. The molecule has 1 aliphatic heterocycles. The lowest BCUT2D eigenvalue weighted by Gasteiger charge is -2.35. The monoisotopic (exact) mass is 615 g/mol. The van der Waals surface area contributed by atoms with Crippen molar-refractivity contribution in [3.8, 4) is 0 Å². The van der Waals surface area contributed by atoms with Crippen LogP contribution in [0.3, 0.4) is 0 Å². The van der Waals surface area contributed by atoms with E-state index in [1.807, 2.05) is 25.3 Å². The van der Waals surface area contributed by atoms with E-state index in [-0.39, 0.29) is 0 Å². The summed E-state index contributed by atoms with van der Waals surface area (Å²) in [5.74, 6) is 1.58. The molecule has 1 atom stereocenters. The summed E-state index contributed by atoms with van der Waals surface area (Å²) in [6, 6.07) is 6.24. The van der Waals surface area contributed by atoms with E-state index < -0.39 is 6.67 Å². The molecule has 0 saturated heterocycles. The van der Waals surface area contributed by atoms with Gasteiger partial charge >= 0.3 is 0 Å². The van der Waals surface area contributed by atoms with Gasteiger partial charge in [-0.2, -0.15) is 0 Å². The fourth-order valence-corrected chi connectivity index (χ4v) is 6.26. The van der Waals surface area contributed by atoms with Crippen molar-refractivity contribution in [2.45, 2.75) is 105 Å². The Hall–Kier alpha value is -3.41. The van der Waals surface area contributed by atoms with Crippen LogP contribution in [-0.4, -0.2) is 54.1 Å². The Bertz CT molecular complexity index is 1280. The predicted molar refractivity (Wildman–Crippen MR) is 194 cm³/mol. The molecule has 45 heavy (non-hydrogen) atoms. The number of aliphatic imine (C=N–C) groups is 2. The van der Waals surface area contributed by atoms with Gasteiger partial charge in [0.2, 0.25) is 0 Å². The van der Waals surface area contributed by atoms with Crippen LogP contribution in [0.15, 0.2) is 88.8 Å².